The third-order valence-electron chi connectivity index (χ3n) is 5.67. The van der Waals surface area contributed by atoms with Gasteiger partial charge in [0.05, 0.1) is 13.2 Å². The molecule has 1 aliphatic carbocycles. The number of rotatable bonds is 5. The molecule has 0 aliphatic heterocycles. The Kier molecular flexibility index (Phi) is 9.18. The van der Waals surface area contributed by atoms with E-state index in [2.05, 4.69) is 111 Å². The SMILES string of the molecule is CC1(C)CC(N=Cc2cc(I)cc(I)c2O)CC(C)(CN=Cc2cc(I)cc(I)c2O)C1. The van der Waals surface area contributed by atoms with Gasteiger partial charge in [-0.05, 0) is 145 Å². The van der Waals surface area contributed by atoms with Crippen molar-refractivity contribution in [2.24, 2.45) is 20.8 Å². The van der Waals surface area contributed by atoms with Crippen molar-refractivity contribution in [3.05, 3.63) is 49.7 Å². The lowest BCUT2D eigenvalue weighted by Gasteiger charge is -2.45. The Morgan fingerprint density at radius 3 is 1.97 bits per heavy atom. The maximum absolute atomic E-state index is 10.4. The number of phenolic OH excluding ortho intramolecular Hbond substituents is 2. The van der Waals surface area contributed by atoms with Crippen LogP contribution in [-0.2, 0) is 0 Å². The Bertz CT molecular complexity index is 1070. The van der Waals surface area contributed by atoms with Crippen LogP contribution in [0.2, 0.25) is 0 Å². The second kappa shape index (κ2) is 10.9. The van der Waals surface area contributed by atoms with E-state index in [0.29, 0.717) is 18.0 Å². The fourth-order valence-corrected chi connectivity index (χ4v) is 8.50. The molecule has 2 aromatic rings. The lowest BCUT2D eigenvalue weighted by Crippen LogP contribution is -2.39. The molecule has 0 aromatic heterocycles. The lowest BCUT2D eigenvalue weighted by molar-refractivity contribution is 0.0918. The number of aromatic hydroxyl groups is 2. The van der Waals surface area contributed by atoms with Gasteiger partial charge in [-0.1, -0.05) is 20.8 Å². The van der Waals surface area contributed by atoms with Gasteiger partial charge in [0.2, 0.25) is 0 Å². The molecule has 172 valence electrons. The first-order valence-electron chi connectivity index (χ1n) is 10.3. The van der Waals surface area contributed by atoms with Crippen molar-refractivity contribution in [3.8, 4) is 11.5 Å². The summed E-state index contributed by atoms with van der Waals surface area (Å²) >= 11 is 8.83. The standard InChI is InChI=1S/C24H26I4N2O2/c1-23(2)8-18(30-11-15-5-17(26)7-20(28)22(15)32)9-24(3,12-23)13-29-10-14-4-16(25)6-19(27)21(14)31/h4-7,10-11,18,31-32H,8-9,12-13H2,1-3H3. The summed E-state index contributed by atoms with van der Waals surface area (Å²) in [7, 11) is 0. The number of benzene rings is 2. The summed E-state index contributed by atoms with van der Waals surface area (Å²) in [6.45, 7) is 7.58. The van der Waals surface area contributed by atoms with Crippen molar-refractivity contribution >= 4 is 103 Å². The molecule has 1 saturated carbocycles. The molecule has 2 unspecified atom stereocenters. The Labute approximate surface area is 244 Å². The van der Waals surface area contributed by atoms with Gasteiger partial charge in [-0.3, -0.25) is 9.98 Å². The van der Waals surface area contributed by atoms with E-state index in [-0.39, 0.29) is 16.9 Å². The molecular weight excluding hydrogens is 856 g/mol. The number of nitrogens with zero attached hydrogens (tertiary/aromatic N) is 2. The third-order valence-corrected chi connectivity index (χ3v) is 8.56. The van der Waals surface area contributed by atoms with Gasteiger partial charge < -0.3 is 10.2 Å². The van der Waals surface area contributed by atoms with Crippen molar-refractivity contribution in [1.82, 2.24) is 0 Å². The van der Waals surface area contributed by atoms with Gasteiger partial charge in [-0.25, -0.2) is 0 Å². The van der Waals surface area contributed by atoms with E-state index < -0.39 is 0 Å². The smallest absolute Gasteiger partial charge is 0.137 e. The minimum absolute atomic E-state index is 0.0204. The first kappa shape index (κ1) is 26.9. The average molecular weight is 882 g/mol. The van der Waals surface area contributed by atoms with Crippen molar-refractivity contribution in [2.75, 3.05) is 6.54 Å². The van der Waals surface area contributed by atoms with Gasteiger partial charge >= 0.3 is 0 Å². The number of phenols is 2. The van der Waals surface area contributed by atoms with Gasteiger partial charge in [0.15, 0.2) is 0 Å². The Hall–Kier alpha value is 0.300. The van der Waals surface area contributed by atoms with E-state index in [4.69, 9.17) is 9.98 Å². The second-order valence-electron chi connectivity index (χ2n) is 9.61. The van der Waals surface area contributed by atoms with Crippen molar-refractivity contribution in [3.63, 3.8) is 0 Å². The van der Waals surface area contributed by atoms with E-state index in [1.54, 1.807) is 6.21 Å². The Morgan fingerprint density at radius 2 is 1.41 bits per heavy atom. The first-order chi connectivity index (χ1) is 14.9. The molecule has 2 atom stereocenters. The summed E-state index contributed by atoms with van der Waals surface area (Å²) in [5.41, 5.74) is 1.71. The van der Waals surface area contributed by atoms with E-state index in [0.717, 1.165) is 44.7 Å². The molecule has 0 bridgehead atoms. The number of halogens is 4. The molecule has 1 aliphatic rings. The summed E-state index contributed by atoms with van der Waals surface area (Å²) in [4.78, 5) is 9.66. The van der Waals surface area contributed by atoms with Crippen LogP contribution in [0.4, 0.5) is 0 Å². The summed E-state index contributed by atoms with van der Waals surface area (Å²) in [6, 6.07) is 8.01. The number of aliphatic imine (C=N–C) groups is 2. The van der Waals surface area contributed by atoms with Crippen LogP contribution in [-0.4, -0.2) is 35.2 Å². The highest BCUT2D eigenvalue weighted by molar-refractivity contribution is 14.1. The van der Waals surface area contributed by atoms with Crippen LogP contribution in [0, 0.1) is 25.1 Å². The van der Waals surface area contributed by atoms with Gasteiger partial charge in [0.1, 0.15) is 11.5 Å². The summed E-state index contributed by atoms with van der Waals surface area (Å²) in [5, 5.41) is 20.7. The lowest BCUT2D eigenvalue weighted by atomic mass is 9.63. The largest absolute Gasteiger partial charge is 0.506 e. The van der Waals surface area contributed by atoms with E-state index in [1.165, 1.54) is 0 Å². The maximum Gasteiger partial charge on any atom is 0.137 e. The molecule has 1 fully saturated rings. The zero-order valence-electron chi connectivity index (χ0n) is 18.2. The summed E-state index contributed by atoms with van der Waals surface area (Å²) in [6.07, 6.45) is 6.67. The maximum atomic E-state index is 10.4. The highest BCUT2D eigenvalue weighted by atomic mass is 127. The van der Waals surface area contributed by atoms with Crippen molar-refractivity contribution in [2.45, 2.75) is 46.1 Å². The average Bonchev–Trinajstić information content (AvgIpc) is 2.65. The molecule has 0 saturated heterocycles. The minimum Gasteiger partial charge on any atom is -0.506 e. The van der Waals surface area contributed by atoms with Crippen LogP contribution in [0.1, 0.15) is 51.2 Å². The predicted molar refractivity (Wildman–Crippen MR) is 167 cm³/mol. The van der Waals surface area contributed by atoms with Crippen LogP contribution in [0.3, 0.4) is 0 Å². The predicted octanol–water partition coefficient (Wildman–Crippen LogP) is 7.64. The molecule has 3 rings (SSSR count). The van der Waals surface area contributed by atoms with Crippen LogP contribution >= 0.6 is 90.4 Å². The fraction of sp³-hybridized carbons (Fsp3) is 0.417. The molecule has 0 amide bonds. The van der Waals surface area contributed by atoms with Crippen molar-refractivity contribution in [1.29, 1.82) is 0 Å². The molecule has 0 radical (unpaired) electrons. The summed E-state index contributed by atoms with van der Waals surface area (Å²) < 4.78 is 3.85. The van der Waals surface area contributed by atoms with Gasteiger partial charge in [-0.15, -0.1) is 0 Å². The summed E-state index contributed by atoms with van der Waals surface area (Å²) in [5.74, 6) is 0.586. The molecule has 0 heterocycles. The molecule has 8 heteroatoms. The molecule has 2 N–H and O–H groups in total. The molecular formula is C24H26I4N2O2. The highest BCUT2D eigenvalue weighted by Crippen LogP contribution is 2.47. The van der Waals surface area contributed by atoms with E-state index in [9.17, 15) is 10.2 Å². The van der Waals surface area contributed by atoms with Gasteiger partial charge in [-0.2, -0.15) is 0 Å². The molecule has 0 spiro atoms. The number of hydrogen-bond acceptors (Lipinski definition) is 4. The zero-order chi connectivity index (χ0) is 23.7. The third kappa shape index (κ3) is 7.15. The normalized spacial score (nSPS) is 23.3. The zero-order valence-corrected chi connectivity index (χ0v) is 26.8. The molecule has 2 aromatic carbocycles. The van der Waals surface area contributed by atoms with E-state index >= 15 is 0 Å². The van der Waals surface area contributed by atoms with Crippen LogP contribution in [0.15, 0.2) is 34.3 Å². The van der Waals surface area contributed by atoms with Crippen LogP contribution < -0.4 is 0 Å². The van der Waals surface area contributed by atoms with Crippen LogP contribution in [0.5, 0.6) is 11.5 Å². The number of hydrogen-bond donors (Lipinski definition) is 2. The second-order valence-corrected chi connectivity index (χ2v) is 14.4. The van der Waals surface area contributed by atoms with Gasteiger partial charge in [0.25, 0.3) is 0 Å². The molecule has 32 heavy (non-hydrogen) atoms. The monoisotopic (exact) mass is 882 g/mol. The van der Waals surface area contributed by atoms with E-state index in [1.807, 2.05) is 30.5 Å². The fourth-order valence-electron chi connectivity index (χ4n) is 4.72. The highest BCUT2D eigenvalue weighted by Gasteiger charge is 2.41. The first-order valence-corrected chi connectivity index (χ1v) is 14.6. The molecule has 4 nitrogen and oxygen atoms in total. The van der Waals surface area contributed by atoms with Crippen molar-refractivity contribution < 1.29 is 10.2 Å². The Morgan fingerprint density at radius 1 is 0.875 bits per heavy atom. The quantitative estimate of drug-likeness (QED) is 0.240. The Balaban J connectivity index is 1.77. The van der Waals surface area contributed by atoms with Gasteiger partial charge in [0, 0.05) is 37.2 Å². The van der Waals surface area contributed by atoms with Crippen LogP contribution in [0.25, 0.3) is 0 Å². The topological polar surface area (TPSA) is 65.2 Å². The minimum atomic E-state index is 0.0204.